The van der Waals surface area contributed by atoms with E-state index < -0.39 is 23.7 Å². The molecule has 3 nitrogen and oxygen atoms in total. The number of nitrogens with zero attached hydrogens (tertiary/aromatic N) is 1. The summed E-state index contributed by atoms with van der Waals surface area (Å²) >= 11 is 0. The fourth-order valence-electron chi connectivity index (χ4n) is 8.90. The molecule has 4 heteroatoms. The maximum Gasteiger partial charge on any atom is 0.494 e. The van der Waals surface area contributed by atoms with Crippen molar-refractivity contribution in [2.75, 3.05) is 0 Å². The molecule has 1 fully saturated rings. The van der Waals surface area contributed by atoms with Crippen LogP contribution in [0.1, 0.15) is 49.9 Å². The summed E-state index contributed by atoms with van der Waals surface area (Å²) in [5.41, 5.74) is 13.3. The molecule has 0 unspecified atom stereocenters. The lowest BCUT2D eigenvalue weighted by atomic mass is 9.67. The number of hydrogen-bond donors (Lipinski definition) is 0. The highest BCUT2D eigenvalue weighted by Gasteiger charge is 2.52. The first-order valence-electron chi connectivity index (χ1n) is 18.6. The molecule has 0 radical (unpaired) electrons. The molecule has 2 aliphatic rings. The van der Waals surface area contributed by atoms with Crippen LogP contribution < -0.4 is 5.46 Å². The van der Waals surface area contributed by atoms with Crippen LogP contribution in [0.15, 0.2) is 170 Å². The first-order valence-corrected chi connectivity index (χ1v) is 18.6. The Morgan fingerprint density at radius 3 is 1.74 bits per heavy atom. The van der Waals surface area contributed by atoms with Crippen molar-refractivity contribution in [3.8, 4) is 27.9 Å². The van der Waals surface area contributed by atoms with Gasteiger partial charge < -0.3 is 13.9 Å². The Hall–Kier alpha value is -5.68. The molecule has 1 saturated heterocycles. The van der Waals surface area contributed by atoms with Gasteiger partial charge in [0.05, 0.1) is 33.3 Å². The van der Waals surface area contributed by atoms with Crippen LogP contribution in [0.3, 0.4) is 0 Å². The largest absolute Gasteiger partial charge is 0.494 e. The lowest BCUT2D eigenvalue weighted by molar-refractivity contribution is 0.00578. The number of aromatic nitrogens is 1. The zero-order valence-corrected chi connectivity index (χ0v) is 30.5. The third-order valence-corrected chi connectivity index (χ3v) is 12.1. The van der Waals surface area contributed by atoms with Gasteiger partial charge in [0.1, 0.15) is 0 Å². The van der Waals surface area contributed by atoms with Crippen LogP contribution in [0.25, 0.3) is 49.7 Å². The molecule has 1 aliphatic carbocycles. The van der Waals surface area contributed by atoms with Crippen LogP contribution in [0.2, 0.25) is 0 Å². The Bertz CT molecular complexity index is 2640. The summed E-state index contributed by atoms with van der Waals surface area (Å²) in [4.78, 5) is 0. The van der Waals surface area contributed by atoms with E-state index in [1.54, 1.807) is 0 Å². The molecule has 0 bridgehead atoms. The van der Waals surface area contributed by atoms with Crippen molar-refractivity contribution in [2.45, 2.75) is 44.3 Å². The SMILES string of the molecule is CC1(C)OB(c2ccc3c(c2)c2ccccc2n3-c2ccccc2-c2ccc3c(c2)C(c2ccccc2)(c2ccccc2)c2ccccc2-3)OC1(C)C. The predicted molar refractivity (Wildman–Crippen MR) is 219 cm³/mol. The number of hydrogen-bond acceptors (Lipinski definition) is 2. The van der Waals surface area contributed by atoms with Gasteiger partial charge in [-0.2, -0.15) is 0 Å². The summed E-state index contributed by atoms with van der Waals surface area (Å²) in [6, 6.07) is 62.3. The summed E-state index contributed by atoms with van der Waals surface area (Å²) in [6.45, 7) is 8.43. The van der Waals surface area contributed by atoms with E-state index in [9.17, 15) is 0 Å². The van der Waals surface area contributed by atoms with Gasteiger partial charge in [0.2, 0.25) is 0 Å². The van der Waals surface area contributed by atoms with Crippen LogP contribution >= 0.6 is 0 Å². The number of benzene rings is 7. The first kappa shape index (κ1) is 32.0. The predicted octanol–water partition coefficient (Wildman–Crippen LogP) is 11.1. The van der Waals surface area contributed by atoms with Crippen LogP contribution in [-0.4, -0.2) is 22.9 Å². The summed E-state index contributed by atoms with van der Waals surface area (Å²) in [5, 5.41) is 2.38. The van der Waals surface area contributed by atoms with Crippen LogP contribution in [-0.2, 0) is 14.7 Å². The highest BCUT2D eigenvalue weighted by molar-refractivity contribution is 6.62. The topological polar surface area (TPSA) is 23.4 Å². The molecule has 256 valence electrons. The van der Waals surface area contributed by atoms with E-state index in [1.807, 2.05) is 0 Å². The molecular weight excluding hydrogens is 645 g/mol. The van der Waals surface area contributed by atoms with E-state index in [0.29, 0.717) is 0 Å². The van der Waals surface area contributed by atoms with Gasteiger partial charge in [-0.3, -0.25) is 0 Å². The van der Waals surface area contributed by atoms with Crippen molar-refractivity contribution in [3.63, 3.8) is 0 Å². The minimum absolute atomic E-state index is 0.407. The lowest BCUT2D eigenvalue weighted by Gasteiger charge is -2.34. The maximum atomic E-state index is 6.49. The molecule has 10 rings (SSSR count). The van der Waals surface area contributed by atoms with Gasteiger partial charge in [-0.15, -0.1) is 0 Å². The van der Waals surface area contributed by atoms with Crippen LogP contribution in [0.4, 0.5) is 0 Å². The molecule has 2 heterocycles. The molecule has 0 spiro atoms. The Labute approximate surface area is 311 Å². The highest BCUT2D eigenvalue weighted by atomic mass is 16.7. The summed E-state index contributed by atoms with van der Waals surface area (Å²) in [5.74, 6) is 0. The Balaban J connectivity index is 1.19. The second-order valence-corrected chi connectivity index (χ2v) is 15.5. The van der Waals surface area contributed by atoms with Gasteiger partial charge in [0.15, 0.2) is 0 Å². The molecule has 53 heavy (non-hydrogen) atoms. The number of fused-ring (bicyclic) bond motifs is 6. The maximum absolute atomic E-state index is 6.49. The second kappa shape index (κ2) is 11.7. The van der Waals surface area contributed by atoms with Gasteiger partial charge in [0, 0.05) is 16.3 Å². The molecule has 0 amide bonds. The van der Waals surface area contributed by atoms with Gasteiger partial charge in [-0.1, -0.05) is 146 Å². The minimum Gasteiger partial charge on any atom is -0.399 e. The molecule has 0 N–H and O–H groups in total. The van der Waals surface area contributed by atoms with E-state index in [-0.39, 0.29) is 0 Å². The number of rotatable bonds is 5. The Morgan fingerprint density at radius 1 is 0.453 bits per heavy atom. The lowest BCUT2D eigenvalue weighted by Crippen LogP contribution is -2.41. The third-order valence-electron chi connectivity index (χ3n) is 12.1. The van der Waals surface area contributed by atoms with E-state index in [2.05, 4.69) is 202 Å². The third kappa shape index (κ3) is 4.62. The number of para-hydroxylation sites is 2. The van der Waals surface area contributed by atoms with E-state index in [4.69, 9.17) is 9.31 Å². The van der Waals surface area contributed by atoms with E-state index in [0.717, 1.165) is 22.2 Å². The monoisotopic (exact) mass is 685 g/mol. The van der Waals surface area contributed by atoms with Crippen LogP contribution in [0.5, 0.6) is 0 Å². The van der Waals surface area contributed by atoms with Crippen molar-refractivity contribution in [1.82, 2.24) is 4.57 Å². The summed E-state index contributed by atoms with van der Waals surface area (Å²) < 4.78 is 15.4. The zero-order valence-electron chi connectivity index (χ0n) is 30.5. The molecule has 1 aliphatic heterocycles. The standard InChI is InChI=1S/C49H40BNO2/c1-47(2)48(3,4)53-50(52-47)36-28-30-46-41(32-36)40-23-13-16-26-45(40)51(46)44-25-15-12-21-37(44)33-27-29-39-38-22-11-14-24-42(38)49(43(39)31-33,34-17-7-5-8-18-34)35-19-9-6-10-20-35/h5-32H,1-4H3. The molecule has 0 saturated carbocycles. The zero-order chi connectivity index (χ0) is 36.0. The van der Waals surface area contributed by atoms with Crippen molar-refractivity contribution < 1.29 is 9.31 Å². The van der Waals surface area contributed by atoms with E-state index in [1.165, 1.54) is 55.3 Å². The van der Waals surface area contributed by atoms with E-state index >= 15 is 0 Å². The Kier molecular flexibility index (Phi) is 7.05. The normalized spacial score (nSPS) is 16.6. The van der Waals surface area contributed by atoms with Crippen molar-refractivity contribution in [3.05, 3.63) is 192 Å². The first-order chi connectivity index (χ1) is 25.8. The Morgan fingerprint density at radius 2 is 1.02 bits per heavy atom. The minimum atomic E-state index is -0.462. The van der Waals surface area contributed by atoms with Gasteiger partial charge in [-0.25, -0.2) is 0 Å². The quantitative estimate of drug-likeness (QED) is 0.168. The average Bonchev–Trinajstić information content (AvgIpc) is 3.76. The van der Waals surface area contributed by atoms with Crippen molar-refractivity contribution >= 4 is 34.4 Å². The fourth-order valence-corrected chi connectivity index (χ4v) is 8.90. The van der Waals surface area contributed by atoms with Gasteiger partial charge in [0.25, 0.3) is 0 Å². The molecular formula is C49H40BNO2. The van der Waals surface area contributed by atoms with Crippen molar-refractivity contribution in [2.24, 2.45) is 0 Å². The average molecular weight is 686 g/mol. The molecule has 7 aromatic carbocycles. The molecule has 0 atom stereocenters. The summed E-state index contributed by atoms with van der Waals surface area (Å²) in [6.07, 6.45) is 0. The molecule has 1 aromatic heterocycles. The highest BCUT2D eigenvalue weighted by Crippen LogP contribution is 2.57. The van der Waals surface area contributed by atoms with Gasteiger partial charge in [-0.05, 0) is 96.4 Å². The second-order valence-electron chi connectivity index (χ2n) is 15.5. The van der Waals surface area contributed by atoms with Crippen LogP contribution in [0, 0.1) is 0 Å². The van der Waals surface area contributed by atoms with Gasteiger partial charge >= 0.3 is 7.12 Å². The summed E-state index contributed by atoms with van der Waals surface area (Å²) in [7, 11) is -0.427. The fraction of sp³-hybridized carbons (Fsp3) is 0.143. The smallest absolute Gasteiger partial charge is 0.399 e. The van der Waals surface area contributed by atoms with Crippen molar-refractivity contribution in [1.29, 1.82) is 0 Å². The molecule has 8 aromatic rings.